The van der Waals surface area contributed by atoms with E-state index in [0.29, 0.717) is 0 Å². The zero-order chi connectivity index (χ0) is 10.5. The van der Waals surface area contributed by atoms with E-state index in [-0.39, 0.29) is 23.9 Å². The second-order valence-electron chi connectivity index (χ2n) is 5.46. The van der Waals surface area contributed by atoms with E-state index in [1.165, 1.54) is 0 Å². The molecule has 0 aromatic heterocycles. The van der Waals surface area contributed by atoms with Gasteiger partial charge in [-0.25, -0.2) is 0 Å². The fourth-order valence-electron chi connectivity index (χ4n) is 0.900. The van der Waals surface area contributed by atoms with Crippen LogP contribution >= 0.6 is 0 Å². The zero-order valence-electron chi connectivity index (χ0n) is 10.5. The minimum atomic E-state index is -1.16. The zero-order valence-corrected chi connectivity index (χ0v) is 15.4. The Kier molecular flexibility index (Phi) is 9.31. The van der Waals surface area contributed by atoms with Crippen molar-refractivity contribution in [3.05, 3.63) is 9.96 Å². The van der Waals surface area contributed by atoms with Crippen molar-refractivity contribution in [3.63, 3.8) is 0 Å². The molecule has 0 aromatic rings. The Morgan fingerprint density at radius 1 is 0.714 bits per heavy atom. The van der Waals surface area contributed by atoms with Gasteiger partial charge in [-0.3, -0.25) is 0 Å². The second-order valence-corrected chi connectivity index (χ2v) is 14.8. The summed E-state index contributed by atoms with van der Waals surface area (Å²) in [4.78, 5) is 9.34. The Hall–Kier alpha value is 1.15. The largest absolute Gasteiger partial charge is 2.00 e. The maximum atomic E-state index is 4.67. The molecule has 0 N–H and O–H groups in total. The van der Waals surface area contributed by atoms with Crippen molar-refractivity contribution in [1.29, 1.82) is 0 Å². The van der Waals surface area contributed by atoms with E-state index in [1.807, 2.05) is 0 Å². The van der Waals surface area contributed by atoms with Crippen LogP contribution in [0.4, 0.5) is 0 Å². The van der Waals surface area contributed by atoms with Crippen LogP contribution in [0.3, 0.4) is 0 Å². The van der Waals surface area contributed by atoms with Crippen molar-refractivity contribution < 1.29 is 0 Å². The molecule has 5 heteroatoms. The molecule has 2 radical (unpaired) electrons. The molecule has 0 bridgehead atoms. The van der Waals surface area contributed by atoms with Crippen LogP contribution in [0, 0.1) is 0 Å². The van der Waals surface area contributed by atoms with Crippen LogP contribution in [-0.4, -0.2) is 53.5 Å². The third kappa shape index (κ3) is 15.6. The Balaban J connectivity index is 0. The smallest absolute Gasteiger partial charge is 0.665 e. The fraction of sp³-hybridized carbons (Fsp3) is 1.00. The summed E-state index contributed by atoms with van der Waals surface area (Å²) >= 11 is 0. The van der Waals surface area contributed by atoms with Crippen molar-refractivity contribution in [2.45, 2.75) is 45.7 Å². The molecule has 0 saturated heterocycles. The van der Waals surface area contributed by atoms with E-state index in [2.05, 4.69) is 49.2 Å². The predicted molar refractivity (Wildman–Crippen MR) is 73.5 cm³/mol. The van der Waals surface area contributed by atoms with Gasteiger partial charge in [0, 0.05) is 0 Å². The summed E-state index contributed by atoms with van der Waals surface area (Å²) in [6.45, 7) is 15.7. The number of hydrogen-bond acceptors (Lipinski definition) is 0. The van der Waals surface area contributed by atoms with Crippen LogP contribution in [0.25, 0.3) is 9.96 Å². The summed E-state index contributed by atoms with van der Waals surface area (Å²) in [7, 11) is -2.32. The maximum absolute atomic E-state index is 4.67. The van der Waals surface area contributed by atoms with E-state index >= 15 is 0 Å². The topological polar surface area (TPSA) is 28.2 Å². The predicted octanol–water partition coefficient (Wildman–Crippen LogP) is 3.41. The van der Waals surface area contributed by atoms with Crippen LogP contribution in [0.5, 0.6) is 0 Å². The molecule has 0 atom stereocenters. The molecular weight excluding hydrogens is 311 g/mol. The first kappa shape index (κ1) is 17.5. The van der Waals surface area contributed by atoms with Crippen LogP contribution < -0.4 is 0 Å². The van der Waals surface area contributed by atoms with Gasteiger partial charge in [0.2, 0.25) is 0 Å². The van der Waals surface area contributed by atoms with E-state index in [0.717, 1.165) is 19.5 Å². The molecular formula is C9H24N2Si2Sn. The molecule has 0 aliphatic rings. The summed E-state index contributed by atoms with van der Waals surface area (Å²) in [6, 6.07) is 0. The third-order valence-electron chi connectivity index (χ3n) is 1.49. The number of hydrogen-bond donors (Lipinski definition) is 0. The molecule has 14 heavy (non-hydrogen) atoms. The molecule has 0 spiro atoms. The van der Waals surface area contributed by atoms with Gasteiger partial charge in [0.1, 0.15) is 0 Å². The molecule has 0 amide bonds. The van der Waals surface area contributed by atoms with Gasteiger partial charge >= 0.3 is 23.9 Å². The normalized spacial score (nSPS) is 12.4. The van der Waals surface area contributed by atoms with Crippen molar-refractivity contribution >= 4 is 40.4 Å². The fourth-order valence-corrected chi connectivity index (χ4v) is 2.56. The van der Waals surface area contributed by atoms with Gasteiger partial charge in [-0.2, -0.15) is 13.1 Å². The maximum Gasteiger partial charge on any atom is 2.00 e. The quantitative estimate of drug-likeness (QED) is 0.526. The first-order valence-corrected chi connectivity index (χ1v) is 12.0. The minimum absolute atomic E-state index is 0. The number of rotatable bonds is 6. The molecule has 2 nitrogen and oxygen atoms in total. The van der Waals surface area contributed by atoms with Gasteiger partial charge in [-0.15, -0.1) is 0 Å². The van der Waals surface area contributed by atoms with E-state index < -0.39 is 16.5 Å². The van der Waals surface area contributed by atoms with Crippen molar-refractivity contribution in [2.75, 3.05) is 13.1 Å². The Morgan fingerprint density at radius 2 is 1.00 bits per heavy atom. The summed E-state index contributed by atoms with van der Waals surface area (Å²) in [5.41, 5.74) is 0. The second kappa shape index (κ2) is 7.43. The molecule has 0 rings (SSSR count). The first-order valence-electron chi connectivity index (χ1n) is 5.08. The molecule has 0 aliphatic heterocycles. The van der Waals surface area contributed by atoms with E-state index in [4.69, 9.17) is 0 Å². The Morgan fingerprint density at radius 3 is 1.21 bits per heavy atom. The molecule has 0 heterocycles. The van der Waals surface area contributed by atoms with Crippen molar-refractivity contribution in [2.24, 2.45) is 0 Å². The van der Waals surface area contributed by atoms with Crippen molar-refractivity contribution in [1.82, 2.24) is 0 Å². The van der Waals surface area contributed by atoms with Gasteiger partial charge in [0.15, 0.2) is 0 Å². The summed E-state index contributed by atoms with van der Waals surface area (Å²) < 4.78 is 0. The molecule has 0 fully saturated rings. The van der Waals surface area contributed by atoms with Gasteiger partial charge < -0.3 is 9.96 Å². The van der Waals surface area contributed by atoms with Crippen LogP contribution in [0.1, 0.15) is 6.42 Å². The van der Waals surface area contributed by atoms with Crippen LogP contribution in [0.15, 0.2) is 0 Å². The molecule has 0 saturated carbocycles. The number of nitrogens with zero attached hydrogens (tertiary/aromatic N) is 2. The van der Waals surface area contributed by atoms with Gasteiger partial charge in [-0.1, -0.05) is 62.2 Å². The summed E-state index contributed by atoms with van der Waals surface area (Å²) in [5.74, 6) is 0. The average molecular weight is 335 g/mol. The first-order chi connectivity index (χ1) is 5.71. The van der Waals surface area contributed by atoms with Gasteiger partial charge in [-0.05, 0) is 0 Å². The molecule has 82 valence electrons. The molecule has 0 aliphatic carbocycles. The SMILES string of the molecule is C[Si](C)(C)[N-]CCC[N-][Si](C)(C)C.[Sn+2]. The molecule has 0 aromatic carbocycles. The monoisotopic (exact) mass is 336 g/mol. The summed E-state index contributed by atoms with van der Waals surface area (Å²) in [5, 5.41) is 0. The Labute approximate surface area is 109 Å². The standard InChI is InChI=1S/C9H24N2Si2.Sn/c1-12(2,3)10-8-7-9-11-13(4,5)6;/h7-9H2,1-6H3;/q-2;+2. The van der Waals surface area contributed by atoms with Crippen LogP contribution in [0.2, 0.25) is 39.3 Å². The van der Waals surface area contributed by atoms with Crippen LogP contribution in [-0.2, 0) is 0 Å². The van der Waals surface area contributed by atoms with E-state index in [9.17, 15) is 0 Å². The minimum Gasteiger partial charge on any atom is -0.665 e. The van der Waals surface area contributed by atoms with Crippen molar-refractivity contribution in [3.8, 4) is 0 Å². The van der Waals surface area contributed by atoms with E-state index in [1.54, 1.807) is 0 Å². The summed E-state index contributed by atoms with van der Waals surface area (Å²) in [6.07, 6.45) is 1.15. The molecule has 0 unspecified atom stereocenters. The third-order valence-corrected chi connectivity index (χ3v) is 3.83. The van der Waals surface area contributed by atoms with Gasteiger partial charge in [0.25, 0.3) is 0 Å². The van der Waals surface area contributed by atoms with Gasteiger partial charge in [0.05, 0.1) is 0 Å². The Bertz CT molecular complexity index is 125. The average Bonchev–Trinajstić information content (AvgIpc) is 1.81.